The van der Waals surface area contributed by atoms with E-state index in [0.29, 0.717) is 5.88 Å². The second kappa shape index (κ2) is 6.86. The molecule has 0 bridgehead atoms. The van der Waals surface area contributed by atoms with Crippen molar-refractivity contribution in [3.63, 3.8) is 0 Å². The molecule has 0 aliphatic rings. The van der Waals surface area contributed by atoms with E-state index in [-0.39, 0.29) is 13.2 Å². The minimum Gasteiger partial charge on any atom is -0.499 e. The number of rotatable bonds is 5. The number of alkyl halides is 1. The standard InChI is InChI=1S/C6H11ClO3/c7-2-1-3-10-5-6(9)4-8/h1,3,6,8-9H,2,4-5H2. The highest BCUT2D eigenvalue weighted by atomic mass is 35.5. The Labute approximate surface area is 64.9 Å². The molecule has 0 aliphatic carbocycles. The highest BCUT2D eigenvalue weighted by Gasteiger charge is 1.98. The van der Waals surface area contributed by atoms with Gasteiger partial charge in [0, 0.05) is 5.88 Å². The molecule has 3 nitrogen and oxygen atoms in total. The van der Waals surface area contributed by atoms with Gasteiger partial charge in [-0.05, 0) is 6.08 Å². The summed E-state index contributed by atoms with van der Waals surface area (Å²) in [7, 11) is 0. The summed E-state index contributed by atoms with van der Waals surface area (Å²) in [5.74, 6) is 0.384. The molecule has 0 aromatic carbocycles. The fraction of sp³-hybridized carbons (Fsp3) is 0.667. The predicted molar refractivity (Wildman–Crippen MR) is 38.9 cm³/mol. The lowest BCUT2D eigenvalue weighted by molar-refractivity contribution is 0.0384. The van der Waals surface area contributed by atoms with Crippen LogP contribution in [0.3, 0.4) is 0 Å². The van der Waals surface area contributed by atoms with Gasteiger partial charge < -0.3 is 14.9 Å². The predicted octanol–water partition coefficient (Wildman–Crippen LogP) is 0.109. The first-order valence-electron chi connectivity index (χ1n) is 2.92. The third kappa shape index (κ3) is 5.88. The van der Waals surface area contributed by atoms with Gasteiger partial charge in [-0.15, -0.1) is 11.6 Å². The molecule has 60 valence electrons. The molecule has 4 heteroatoms. The van der Waals surface area contributed by atoms with E-state index in [1.165, 1.54) is 6.26 Å². The van der Waals surface area contributed by atoms with Crippen LogP contribution in [-0.2, 0) is 4.74 Å². The molecule has 0 radical (unpaired) electrons. The molecule has 0 amide bonds. The number of hydrogen-bond acceptors (Lipinski definition) is 3. The number of ether oxygens (including phenoxy) is 1. The number of halogens is 1. The van der Waals surface area contributed by atoms with Crippen molar-refractivity contribution in [3.05, 3.63) is 12.3 Å². The van der Waals surface area contributed by atoms with E-state index in [0.717, 1.165) is 0 Å². The second-order valence-electron chi connectivity index (χ2n) is 1.70. The molecular weight excluding hydrogens is 156 g/mol. The van der Waals surface area contributed by atoms with Crippen LogP contribution >= 0.6 is 11.6 Å². The van der Waals surface area contributed by atoms with Crippen LogP contribution in [0.1, 0.15) is 0 Å². The van der Waals surface area contributed by atoms with Crippen molar-refractivity contribution in [1.29, 1.82) is 0 Å². The van der Waals surface area contributed by atoms with Crippen molar-refractivity contribution >= 4 is 11.6 Å². The molecule has 0 rings (SSSR count). The molecule has 0 saturated heterocycles. The summed E-state index contributed by atoms with van der Waals surface area (Å²) >= 11 is 5.27. The molecule has 0 spiro atoms. The number of allylic oxidation sites excluding steroid dienone is 1. The van der Waals surface area contributed by atoms with Crippen LogP contribution in [0, 0.1) is 0 Å². The minimum absolute atomic E-state index is 0.101. The zero-order valence-electron chi connectivity index (χ0n) is 5.53. The molecule has 1 unspecified atom stereocenters. The number of hydrogen-bond donors (Lipinski definition) is 2. The Morgan fingerprint density at radius 1 is 1.60 bits per heavy atom. The summed E-state index contributed by atoms with van der Waals surface area (Å²) in [5.41, 5.74) is 0. The minimum atomic E-state index is -0.806. The summed E-state index contributed by atoms with van der Waals surface area (Å²) < 4.78 is 4.75. The molecule has 1 atom stereocenters. The Morgan fingerprint density at radius 3 is 2.80 bits per heavy atom. The van der Waals surface area contributed by atoms with Crippen molar-refractivity contribution < 1.29 is 14.9 Å². The maximum atomic E-state index is 8.72. The van der Waals surface area contributed by atoms with Gasteiger partial charge in [-0.1, -0.05) is 0 Å². The van der Waals surface area contributed by atoms with Crippen LogP contribution in [0.2, 0.25) is 0 Å². The Kier molecular flexibility index (Phi) is 6.69. The van der Waals surface area contributed by atoms with Gasteiger partial charge in [0.15, 0.2) is 0 Å². The molecular formula is C6H11ClO3. The van der Waals surface area contributed by atoms with Crippen LogP contribution in [0.4, 0.5) is 0 Å². The van der Waals surface area contributed by atoms with Crippen molar-refractivity contribution in [2.75, 3.05) is 19.1 Å². The molecule has 0 aromatic heterocycles. The zero-order chi connectivity index (χ0) is 7.82. The van der Waals surface area contributed by atoms with E-state index in [9.17, 15) is 0 Å². The van der Waals surface area contributed by atoms with Gasteiger partial charge in [0.1, 0.15) is 12.7 Å². The topological polar surface area (TPSA) is 49.7 Å². The van der Waals surface area contributed by atoms with Crippen molar-refractivity contribution in [1.82, 2.24) is 0 Å². The largest absolute Gasteiger partial charge is 0.499 e. The van der Waals surface area contributed by atoms with E-state index >= 15 is 0 Å². The number of aliphatic hydroxyl groups excluding tert-OH is 2. The second-order valence-corrected chi connectivity index (χ2v) is 2.00. The van der Waals surface area contributed by atoms with E-state index in [1.54, 1.807) is 6.08 Å². The maximum Gasteiger partial charge on any atom is 0.115 e. The fourth-order valence-corrected chi connectivity index (χ4v) is 0.396. The summed E-state index contributed by atoms with van der Waals surface area (Å²) in [6, 6.07) is 0. The van der Waals surface area contributed by atoms with E-state index < -0.39 is 6.10 Å². The Morgan fingerprint density at radius 2 is 2.30 bits per heavy atom. The number of aliphatic hydroxyl groups is 2. The van der Waals surface area contributed by atoms with Gasteiger partial charge in [0.05, 0.1) is 12.9 Å². The van der Waals surface area contributed by atoms with Gasteiger partial charge in [0.2, 0.25) is 0 Å². The lowest BCUT2D eigenvalue weighted by atomic mass is 10.4. The van der Waals surface area contributed by atoms with Gasteiger partial charge in [0.25, 0.3) is 0 Å². The monoisotopic (exact) mass is 166 g/mol. The fourth-order valence-electron chi connectivity index (χ4n) is 0.324. The van der Waals surface area contributed by atoms with Crippen LogP contribution in [0.25, 0.3) is 0 Å². The Hall–Kier alpha value is -0.250. The molecule has 0 aliphatic heterocycles. The van der Waals surface area contributed by atoms with E-state index in [2.05, 4.69) is 0 Å². The SMILES string of the molecule is OCC(O)COC=CCCl. The molecule has 10 heavy (non-hydrogen) atoms. The normalized spacial score (nSPS) is 13.9. The summed E-state index contributed by atoms with van der Waals surface area (Å²) in [5, 5.41) is 17.0. The molecule has 2 N–H and O–H groups in total. The molecule has 0 fully saturated rings. The third-order valence-corrected chi connectivity index (χ3v) is 0.959. The zero-order valence-corrected chi connectivity index (χ0v) is 6.29. The van der Waals surface area contributed by atoms with Gasteiger partial charge in [-0.3, -0.25) is 0 Å². The van der Waals surface area contributed by atoms with Crippen molar-refractivity contribution in [2.45, 2.75) is 6.10 Å². The summed E-state index contributed by atoms with van der Waals surface area (Å²) in [6.45, 7) is -0.182. The first-order chi connectivity index (χ1) is 4.81. The van der Waals surface area contributed by atoms with Gasteiger partial charge in [-0.2, -0.15) is 0 Å². The first-order valence-corrected chi connectivity index (χ1v) is 3.46. The van der Waals surface area contributed by atoms with Crippen LogP contribution in [0.15, 0.2) is 12.3 Å². The van der Waals surface area contributed by atoms with Crippen LogP contribution in [-0.4, -0.2) is 35.4 Å². The molecule has 0 saturated carbocycles. The van der Waals surface area contributed by atoms with Gasteiger partial charge >= 0.3 is 0 Å². The first kappa shape index (κ1) is 9.75. The summed E-state index contributed by atoms with van der Waals surface area (Å²) in [4.78, 5) is 0. The average molecular weight is 167 g/mol. The van der Waals surface area contributed by atoms with E-state index in [4.69, 9.17) is 26.6 Å². The Bertz CT molecular complexity index is 95.0. The van der Waals surface area contributed by atoms with Gasteiger partial charge in [-0.25, -0.2) is 0 Å². The molecule has 0 heterocycles. The van der Waals surface area contributed by atoms with Crippen LogP contribution < -0.4 is 0 Å². The van der Waals surface area contributed by atoms with Crippen LogP contribution in [0.5, 0.6) is 0 Å². The van der Waals surface area contributed by atoms with E-state index in [1.807, 2.05) is 0 Å². The quantitative estimate of drug-likeness (QED) is 0.450. The lowest BCUT2D eigenvalue weighted by Crippen LogP contribution is -2.17. The third-order valence-electron chi connectivity index (χ3n) is 0.781. The summed E-state index contributed by atoms with van der Waals surface area (Å²) in [6.07, 6.45) is 2.19. The lowest BCUT2D eigenvalue weighted by Gasteiger charge is -2.04. The highest BCUT2D eigenvalue weighted by molar-refractivity contribution is 6.18. The van der Waals surface area contributed by atoms with Crippen molar-refractivity contribution in [2.24, 2.45) is 0 Å². The Balaban J connectivity index is 3.10. The van der Waals surface area contributed by atoms with Crippen molar-refractivity contribution in [3.8, 4) is 0 Å². The maximum absolute atomic E-state index is 8.72. The average Bonchev–Trinajstić information content (AvgIpc) is 1.98. The smallest absolute Gasteiger partial charge is 0.115 e. The highest BCUT2D eigenvalue weighted by Crippen LogP contribution is 1.85. The molecule has 0 aromatic rings.